The topological polar surface area (TPSA) is 24.1 Å². The molecule has 0 saturated carbocycles. The van der Waals surface area contributed by atoms with E-state index in [1.807, 2.05) is 0 Å². The summed E-state index contributed by atoms with van der Waals surface area (Å²) >= 11 is 0. The maximum Gasteiger partial charge on any atom is 0.0857 e. The molecule has 0 aliphatic rings. The lowest BCUT2D eigenvalue weighted by atomic mass is 10.1. The van der Waals surface area contributed by atoms with Crippen LogP contribution in [0, 0.1) is 0 Å². The van der Waals surface area contributed by atoms with Gasteiger partial charge in [0, 0.05) is 10.2 Å². The van der Waals surface area contributed by atoms with Crippen LogP contribution < -0.4 is 10.6 Å². The van der Waals surface area contributed by atoms with Crippen molar-refractivity contribution in [3.63, 3.8) is 0 Å². The maximum atomic E-state index is 4.07. The van der Waals surface area contributed by atoms with Crippen molar-refractivity contribution in [3.8, 4) is 0 Å². The van der Waals surface area contributed by atoms with Crippen LogP contribution in [0.15, 0.2) is 11.8 Å². The molecule has 0 aromatic carbocycles. The highest BCUT2D eigenvalue weighted by atomic mass is 28.1. The predicted octanol–water partition coefficient (Wildman–Crippen LogP) is 0.191. The van der Waals surface area contributed by atoms with E-state index in [2.05, 4.69) is 38.0 Å². The molecule has 0 rings (SSSR count). The van der Waals surface area contributed by atoms with Gasteiger partial charge in [-0.1, -0.05) is 26.0 Å². The quantitative estimate of drug-likeness (QED) is 0.457. The van der Waals surface area contributed by atoms with E-state index in [-0.39, 0.29) is 5.66 Å². The first-order valence-corrected chi connectivity index (χ1v) is 5.79. The van der Waals surface area contributed by atoms with Gasteiger partial charge in [-0.05, 0) is 19.5 Å². The summed E-state index contributed by atoms with van der Waals surface area (Å²) in [5.41, 5.74) is 0.00965. The zero-order valence-corrected chi connectivity index (χ0v) is 10.8. The predicted molar refractivity (Wildman–Crippen MR) is 59.5 cm³/mol. The van der Waals surface area contributed by atoms with Crippen LogP contribution in [0.1, 0.15) is 27.2 Å². The van der Waals surface area contributed by atoms with Gasteiger partial charge >= 0.3 is 0 Å². The van der Waals surface area contributed by atoms with Crippen LogP contribution in [0.5, 0.6) is 0 Å². The molecule has 0 saturated heterocycles. The SMILES string of the molecule is C=C([SiH3])C(CC)(NCC)NCC. The summed E-state index contributed by atoms with van der Waals surface area (Å²) in [7, 11) is 1.04. The van der Waals surface area contributed by atoms with Crippen molar-refractivity contribution in [2.75, 3.05) is 13.1 Å². The highest BCUT2D eigenvalue weighted by Crippen LogP contribution is 2.12. The highest BCUT2D eigenvalue weighted by Gasteiger charge is 2.25. The molecule has 0 unspecified atom stereocenters. The van der Waals surface area contributed by atoms with Gasteiger partial charge in [-0.2, -0.15) is 0 Å². The molecule has 0 amide bonds. The molecule has 0 aromatic rings. The Morgan fingerprint density at radius 1 is 1.25 bits per heavy atom. The molecule has 0 radical (unpaired) electrons. The van der Waals surface area contributed by atoms with E-state index in [1.165, 1.54) is 5.20 Å². The van der Waals surface area contributed by atoms with Gasteiger partial charge in [0.15, 0.2) is 0 Å². The summed E-state index contributed by atoms with van der Waals surface area (Å²) in [6.07, 6.45) is 1.07. The molecule has 12 heavy (non-hydrogen) atoms. The Bertz CT molecular complexity index is 139. The molecular weight excluding hydrogens is 164 g/mol. The van der Waals surface area contributed by atoms with Crippen LogP contribution in [0.3, 0.4) is 0 Å². The highest BCUT2D eigenvalue weighted by molar-refractivity contribution is 6.22. The molecule has 0 aromatic heterocycles. The normalized spacial score (nSPS) is 11.9. The van der Waals surface area contributed by atoms with E-state index in [0.29, 0.717) is 0 Å². The van der Waals surface area contributed by atoms with Crippen molar-refractivity contribution in [2.24, 2.45) is 0 Å². The van der Waals surface area contributed by atoms with Gasteiger partial charge in [0.05, 0.1) is 5.66 Å². The average molecular weight is 186 g/mol. The lowest BCUT2D eigenvalue weighted by Gasteiger charge is -2.35. The Morgan fingerprint density at radius 3 is 1.83 bits per heavy atom. The van der Waals surface area contributed by atoms with Crippen molar-refractivity contribution in [3.05, 3.63) is 11.8 Å². The Kier molecular flexibility index (Phi) is 5.45. The molecule has 72 valence electrons. The molecule has 2 N–H and O–H groups in total. The van der Waals surface area contributed by atoms with Gasteiger partial charge in [0.25, 0.3) is 0 Å². The fourth-order valence-electron chi connectivity index (χ4n) is 1.52. The van der Waals surface area contributed by atoms with E-state index >= 15 is 0 Å². The molecule has 0 atom stereocenters. The zero-order valence-electron chi connectivity index (χ0n) is 8.83. The lowest BCUT2D eigenvalue weighted by molar-refractivity contribution is 0.320. The monoisotopic (exact) mass is 186 g/mol. The van der Waals surface area contributed by atoms with Crippen molar-refractivity contribution in [1.82, 2.24) is 10.6 Å². The molecule has 0 fully saturated rings. The molecule has 0 bridgehead atoms. The third-order valence-electron chi connectivity index (χ3n) is 2.22. The standard InChI is InChI=1S/C9H22N2Si/c1-5-9(8(4)12,10-6-2)11-7-3/h10-11H,4-7H2,1-3,12H3. The minimum atomic E-state index is 0.00965. The Labute approximate surface area is 79.2 Å². The number of likely N-dealkylation sites (N-methyl/N-ethyl adjacent to an activating group) is 2. The summed E-state index contributed by atoms with van der Waals surface area (Å²) in [5.74, 6) is 0. The third kappa shape index (κ3) is 2.73. The minimum Gasteiger partial charge on any atom is -0.296 e. The van der Waals surface area contributed by atoms with Crippen molar-refractivity contribution < 1.29 is 0 Å². The number of nitrogens with one attached hydrogen (secondary N) is 2. The first kappa shape index (κ1) is 11.9. The maximum absolute atomic E-state index is 4.07. The van der Waals surface area contributed by atoms with E-state index in [0.717, 1.165) is 29.8 Å². The van der Waals surface area contributed by atoms with Crippen molar-refractivity contribution in [2.45, 2.75) is 32.9 Å². The van der Waals surface area contributed by atoms with Crippen LogP contribution in [0.25, 0.3) is 0 Å². The number of hydrogen-bond acceptors (Lipinski definition) is 2. The number of hydrogen-bond donors (Lipinski definition) is 2. The van der Waals surface area contributed by atoms with Gasteiger partial charge < -0.3 is 0 Å². The molecular formula is C9H22N2Si. The summed E-state index contributed by atoms with van der Waals surface area (Å²) < 4.78 is 0. The van der Waals surface area contributed by atoms with Crippen molar-refractivity contribution in [1.29, 1.82) is 0 Å². The first-order valence-electron chi connectivity index (χ1n) is 4.79. The number of rotatable bonds is 6. The summed E-state index contributed by atoms with van der Waals surface area (Å²) in [6.45, 7) is 12.5. The summed E-state index contributed by atoms with van der Waals surface area (Å²) in [4.78, 5) is 0. The van der Waals surface area contributed by atoms with Crippen LogP contribution >= 0.6 is 0 Å². The summed E-state index contributed by atoms with van der Waals surface area (Å²) in [5, 5.41) is 8.24. The van der Waals surface area contributed by atoms with Crippen LogP contribution in [0.4, 0.5) is 0 Å². The largest absolute Gasteiger partial charge is 0.296 e. The second-order valence-electron chi connectivity index (χ2n) is 3.10. The second kappa shape index (κ2) is 5.51. The van der Waals surface area contributed by atoms with Crippen LogP contribution in [-0.2, 0) is 0 Å². The first-order chi connectivity index (χ1) is 5.63. The zero-order chi connectivity index (χ0) is 9.61. The molecule has 0 spiro atoms. The van der Waals surface area contributed by atoms with Crippen LogP contribution in [-0.4, -0.2) is 29.0 Å². The van der Waals surface area contributed by atoms with E-state index in [9.17, 15) is 0 Å². The second-order valence-corrected chi connectivity index (χ2v) is 4.31. The van der Waals surface area contributed by atoms with E-state index in [1.54, 1.807) is 0 Å². The minimum absolute atomic E-state index is 0.00965. The molecule has 0 aliphatic carbocycles. The van der Waals surface area contributed by atoms with E-state index < -0.39 is 0 Å². The average Bonchev–Trinajstić information content (AvgIpc) is 2.03. The van der Waals surface area contributed by atoms with Crippen molar-refractivity contribution >= 4 is 10.2 Å². The van der Waals surface area contributed by atoms with Gasteiger partial charge in [-0.25, -0.2) is 0 Å². The van der Waals surface area contributed by atoms with Gasteiger partial charge in [0.2, 0.25) is 0 Å². The molecule has 0 aliphatic heterocycles. The lowest BCUT2D eigenvalue weighted by Crippen LogP contribution is -2.57. The van der Waals surface area contributed by atoms with Crippen LogP contribution in [0.2, 0.25) is 0 Å². The Balaban J connectivity index is 4.39. The van der Waals surface area contributed by atoms with Gasteiger partial charge in [-0.3, -0.25) is 10.6 Å². The van der Waals surface area contributed by atoms with Gasteiger partial charge in [-0.15, -0.1) is 6.58 Å². The fourth-order valence-corrected chi connectivity index (χ4v) is 2.23. The van der Waals surface area contributed by atoms with Gasteiger partial charge in [0.1, 0.15) is 0 Å². The van der Waals surface area contributed by atoms with E-state index in [4.69, 9.17) is 0 Å². The molecule has 0 heterocycles. The summed E-state index contributed by atoms with van der Waals surface area (Å²) in [6, 6.07) is 0. The smallest absolute Gasteiger partial charge is 0.0857 e. The Hall–Kier alpha value is -0.123. The fraction of sp³-hybridized carbons (Fsp3) is 0.778. The molecule has 2 nitrogen and oxygen atoms in total. The third-order valence-corrected chi connectivity index (χ3v) is 3.07. The Morgan fingerprint density at radius 2 is 1.67 bits per heavy atom. The molecule has 3 heteroatoms.